The molecule has 3 N–H and O–H groups in total. The van der Waals surface area contributed by atoms with Gasteiger partial charge >= 0.3 is 0 Å². The van der Waals surface area contributed by atoms with Crippen molar-refractivity contribution in [2.75, 3.05) is 0 Å². The predicted octanol–water partition coefficient (Wildman–Crippen LogP) is 3.87. The molecule has 0 radical (unpaired) electrons. The van der Waals surface area contributed by atoms with Crippen LogP contribution in [0, 0.1) is 5.82 Å². The fourth-order valence-electron chi connectivity index (χ4n) is 1.80. The fraction of sp³-hybridized carbons (Fsp3) is 0.143. The molecule has 2 rings (SSSR count). The van der Waals surface area contributed by atoms with Gasteiger partial charge in [0, 0.05) is 15.6 Å². The minimum absolute atomic E-state index is 0.0787. The molecule has 2 aromatic carbocycles. The summed E-state index contributed by atoms with van der Waals surface area (Å²) in [7, 11) is 0. The lowest BCUT2D eigenvalue weighted by Crippen LogP contribution is -2.20. The predicted molar refractivity (Wildman–Crippen MR) is 74.8 cm³/mol. The number of aliphatic hydroxyl groups excluding tert-OH is 1. The second-order valence-electron chi connectivity index (χ2n) is 4.19. The minimum atomic E-state index is -1.18. The zero-order valence-corrected chi connectivity index (χ0v) is 11.4. The van der Waals surface area contributed by atoms with E-state index in [0.29, 0.717) is 15.6 Å². The van der Waals surface area contributed by atoms with Crippen LogP contribution in [-0.2, 0) is 0 Å². The van der Waals surface area contributed by atoms with E-state index in [0.717, 1.165) is 0 Å². The van der Waals surface area contributed by atoms with Crippen LogP contribution in [0.5, 0.6) is 0 Å². The summed E-state index contributed by atoms with van der Waals surface area (Å²) in [6.07, 6.45) is -1.18. The van der Waals surface area contributed by atoms with Crippen molar-refractivity contribution in [1.29, 1.82) is 0 Å². The van der Waals surface area contributed by atoms with E-state index >= 15 is 0 Å². The van der Waals surface area contributed by atoms with Crippen molar-refractivity contribution in [3.05, 3.63) is 69.5 Å². The van der Waals surface area contributed by atoms with Crippen molar-refractivity contribution in [1.82, 2.24) is 0 Å². The first-order chi connectivity index (χ1) is 8.99. The molecule has 2 atom stereocenters. The van der Waals surface area contributed by atoms with Gasteiger partial charge in [0.2, 0.25) is 0 Å². The fourth-order valence-corrected chi connectivity index (χ4v) is 2.11. The van der Waals surface area contributed by atoms with E-state index in [1.54, 1.807) is 24.3 Å². The molecule has 2 aromatic rings. The average molecular weight is 300 g/mol. The average Bonchev–Trinajstić information content (AvgIpc) is 2.41. The molecule has 100 valence electrons. The summed E-state index contributed by atoms with van der Waals surface area (Å²) in [6.45, 7) is 0. The molecule has 5 heteroatoms. The van der Waals surface area contributed by atoms with E-state index in [-0.39, 0.29) is 5.56 Å². The van der Waals surface area contributed by atoms with Crippen molar-refractivity contribution in [2.24, 2.45) is 5.73 Å². The summed E-state index contributed by atoms with van der Waals surface area (Å²) in [5.41, 5.74) is 6.68. The number of aliphatic hydroxyl groups is 1. The number of rotatable bonds is 3. The van der Waals surface area contributed by atoms with E-state index in [4.69, 9.17) is 28.9 Å². The summed E-state index contributed by atoms with van der Waals surface area (Å²) in [5.74, 6) is -0.540. The highest BCUT2D eigenvalue weighted by molar-refractivity contribution is 6.30. The monoisotopic (exact) mass is 299 g/mol. The van der Waals surface area contributed by atoms with E-state index < -0.39 is 18.0 Å². The third kappa shape index (κ3) is 3.25. The minimum Gasteiger partial charge on any atom is -0.386 e. The van der Waals surface area contributed by atoms with Gasteiger partial charge in [0.15, 0.2) is 0 Å². The normalized spacial score (nSPS) is 14.2. The molecule has 0 unspecified atom stereocenters. The van der Waals surface area contributed by atoms with Crippen molar-refractivity contribution < 1.29 is 9.50 Å². The molecule has 2 nitrogen and oxygen atoms in total. The van der Waals surface area contributed by atoms with E-state index in [2.05, 4.69) is 0 Å². The molecule has 0 amide bonds. The Bertz CT molecular complexity index is 574. The number of benzene rings is 2. The Morgan fingerprint density at radius 1 is 1.00 bits per heavy atom. The smallest absolute Gasteiger partial charge is 0.129 e. The second kappa shape index (κ2) is 5.88. The number of halogens is 3. The highest BCUT2D eigenvalue weighted by Crippen LogP contribution is 2.30. The first kappa shape index (κ1) is 14.3. The van der Waals surface area contributed by atoms with Crippen LogP contribution < -0.4 is 5.73 Å². The topological polar surface area (TPSA) is 46.2 Å². The molecule has 0 aliphatic carbocycles. The summed E-state index contributed by atoms with van der Waals surface area (Å²) in [6, 6.07) is 9.95. The van der Waals surface area contributed by atoms with Gasteiger partial charge in [0.05, 0.1) is 6.04 Å². The molecule has 19 heavy (non-hydrogen) atoms. The third-order valence-corrected chi connectivity index (χ3v) is 3.36. The van der Waals surface area contributed by atoms with E-state index in [1.165, 1.54) is 18.2 Å². The summed E-state index contributed by atoms with van der Waals surface area (Å²) < 4.78 is 13.7. The van der Waals surface area contributed by atoms with Gasteiger partial charge in [0.25, 0.3) is 0 Å². The first-order valence-electron chi connectivity index (χ1n) is 5.63. The van der Waals surface area contributed by atoms with Gasteiger partial charge in [-0.3, -0.25) is 0 Å². The Labute approximate surface area is 120 Å². The van der Waals surface area contributed by atoms with Crippen LogP contribution in [0.4, 0.5) is 4.39 Å². The lowest BCUT2D eigenvalue weighted by atomic mass is 9.96. The van der Waals surface area contributed by atoms with Crippen LogP contribution in [0.15, 0.2) is 42.5 Å². The number of hydrogen-bond donors (Lipinski definition) is 2. The molecule has 0 saturated heterocycles. The van der Waals surface area contributed by atoms with Gasteiger partial charge in [0.1, 0.15) is 11.9 Å². The van der Waals surface area contributed by atoms with Crippen molar-refractivity contribution >= 4 is 23.2 Å². The van der Waals surface area contributed by atoms with E-state index in [1.807, 2.05) is 0 Å². The maximum Gasteiger partial charge on any atom is 0.129 e. The second-order valence-corrected chi connectivity index (χ2v) is 5.06. The van der Waals surface area contributed by atoms with Gasteiger partial charge in [-0.05, 0) is 35.9 Å². The summed E-state index contributed by atoms with van der Waals surface area (Å²) >= 11 is 11.6. The molecule has 0 aliphatic heterocycles. The molecule has 0 aliphatic rings. The van der Waals surface area contributed by atoms with Gasteiger partial charge in [-0.2, -0.15) is 0 Å². The van der Waals surface area contributed by atoms with Gasteiger partial charge < -0.3 is 10.8 Å². The zero-order chi connectivity index (χ0) is 14.0. The maximum atomic E-state index is 13.7. The molecule has 0 spiro atoms. The lowest BCUT2D eigenvalue weighted by Gasteiger charge is -2.20. The van der Waals surface area contributed by atoms with Crippen molar-refractivity contribution in [3.63, 3.8) is 0 Å². The highest BCUT2D eigenvalue weighted by atomic mass is 35.5. The third-order valence-electron chi connectivity index (χ3n) is 2.87. The van der Waals surface area contributed by atoms with Crippen LogP contribution in [0.1, 0.15) is 23.3 Å². The molecular weight excluding hydrogens is 288 g/mol. The van der Waals surface area contributed by atoms with Crippen LogP contribution in [0.25, 0.3) is 0 Å². The Kier molecular flexibility index (Phi) is 4.42. The Morgan fingerprint density at radius 2 is 1.58 bits per heavy atom. The SMILES string of the molecule is N[C@H](c1ccc(Cl)cc1)[C@H](O)c1cc(Cl)ccc1F. The largest absolute Gasteiger partial charge is 0.386 e. The van der Waals surface area contributed by atoms with Crippen molar-refractivity contribution in [2.45, 2.75) is 12.1 Å². The van der Waals surface area contributed by atoms with Crippen LogP contribution in [0.3, 0.4) is 0 Å². The standard InChI is InChI=1S/C14H12Cl2FNO/c15-9-3-1-8(2-4-9)13(18)14(19)11-7-10(16)5-6-12(11)17/h1-7,13-14,19H,18H2/t13-,14-/m1/s1. The Morgan fingerprint density at radius 3 is 2.21 bits per heavy atom. The van der Waals surface area contributed by atoms with Crippen LogP contribution in [0.2, 0.25) is 10.0 Å². The summed E-state index contributed by atoms with van der Waals surface area (Å²) in [5, 5.41) is 11.1. The lowest BCUT2D eigenvalue weighted by molar-refractivity contribution is 0.142. The van der Waals surface area contributed by atoms with Gasteiger partial charge in [-0.15, -0.1) is 0 Å². The van der Waals surface area contributed by atoms with E-state index in [9.17, 15) is 9.50 Å². The van der Waals surface area contributed by atoms with Gasteiger partial charge in [-0.25, -0.2) is 4.39 Å². The van der Waals surface area contributed by atoms with Crippen LogP contribution >= 0.6 is 23.2 Å². The highest BCUT2D eigenvalue weighted by Gasteiger charge is 2.22. The Hall–Kier alpha value is -1.13. The number of hydrogen-bond acceptors (Lipinski definition) is 2. The molecule has 0 saturated carbocycles. The molecule has 0 bridgehead atoms. The number of nitrogens with two attached hydrogens (primary N) is 1. The van der Waals surface area contributed by atoms with Crippen molar-refractivity contribution in [3.8, 4) is 0 Å². The van der Waals surface area contributed by atoms with Gasteiger partial charge in [-0.1, -0.05) is 35.3 Å². The maximum absolute atomic E-state index is 13.7. The zero-order valence-electron chi connectivity index (χ0n) is 9.85. The molecule has 0 heterocycles. The Balaban J connectivity index is 2.30. The summed E-state index contributed by atoms with van der Waals surface area (Å²) in [4.78, 5) is 0. The molecular formula is C14H12Cl2FNO. The van der Waals surface area contributed by atoms with Crippen LogP contribution in [-0.4, -0.2) is 5.11 Å². The first-order valence-corrected chi connectivity index (χ1v) is 6.38. The molecule has 0 aromatic heterocycles. The quantitative estimate of drug-likeness (QED) is 0.904. The molecule has 0 fully saturated rings.